The van der Waals surface area contributed by atoms with E-state index in [9.17, 15) is 0 Å². The van der Waals surface area contributed by atoms with Crippen LogP contribution in [0, 0.1) is 5.92 Å². The predicted octanol–water partition coefficient (Wildman–Crippen LogP) is 5.02. The van der Waals surface area contributed by atoms with Crippen LogP contribution in [0.25, 0.3) is 0 Å². The van der Waals surface area contributed by atoms with Crippen LogP contribution in [0.15, 0.2) is 34.5 Å². The molecule has 2 rings (SSSR count). The number of hydrogen-bond donors (Lipinski definition) is 1. The summed E-state index contributed by atoms with van der Waals surface area (Å²) in [6, 6.07) is 6.81. The Morgan fingerprint density at radius 1 is 1.12 bits per heavy atom. The fourth-order valence-corrected chi connectivity index (χ4v) is 3.24. The molecular formula is C17H20Cl2N4O2S. The number of hydrogen-bond acceptors (Lipinski definition) is 7. The summed E-state index contributed by atoms with van der Waals surface area (Å²) in [5, 5.41) is 5.96. The highest BCUT2D eigenvalue weighted by Crippen LogP contribution is 2.28. The Morgan fingerprint density at radius 2 is 1.77 bits per heavy atom. The molecule has 0 radical (unpaired) electrons. The van der Waals surface area contributed by atoms with Crippen LogP contribution < -0.4 is 14.9 Å². The third-order valence-electron chi connectivity index (χ3n) is 3.31. The average Bonchev–Trinajstić information content (AvgIpc) is 2.62. The van der Waals surface area contributed by atoms with E-state index in [4.69, 9.17) is 32.7 Å². The maximum absolute atomic E-state index is 6.13. The van der Waals surface area contributed by atoms with E-state index in [-0.39, 0.29) is 5.25 Å². The molecule has 6 nitrogen and oxygen atoms in total. The van der Waals surface area contributed by atoms with Crippen molar-refractivity contribution in [1.29, 1.82) is 0 Å². The van der Waals surface area contributed by atoms with Crippen molar-refractivity contribution in [3.05, 3.63) is 34.3 Å². The second-order valence-corrected chi connectivity index (χ2v) is 7.56. The number of aromatic nitrogens is 2. The van der Waals surface area contributed by atoms with Gasteiger partial charge in [-0.25, -0.2) is 0 Å². The summed E-state index contributed by atoms with van der Waals surface area (Å²) in [5.74, 6) is 1.20. The molecule has 26 heavy (non-hydrogen) atoms. The first-order valence-corrected chi connectivity index (χ1v) is 9.44. The van der Waals surface area contributed by atoms with E-state index in [1.807, 2.05) is 0 Å². The number of ether oxygens (including phenoxy) is 2. The minimum Gasteiger partial charge on any atom is -0.481 e. The van der Waals surface area contributed by atoms with E-state index in [2.05, 4.69) is 34.3 Å². The first-order valence-electron chi connectivity index (χ1n) is 7.81. The smallest absolute Gasteiger partial charge is 0.220 e. The van der Waals surface area contributed by atoms with Crippen molar-refractivity contribution in [3.8, 4) is 11.8 Å². The standard InChI is InChI=1S/C17H20Cl2N4O2S/c1-10(2)14(9-20-23-13-6-5-11(18)7-12(13)19)26-17-21-15(24-3)8-16(22-17)25-4/h5-10,14,23H,1-4H3. The summed E-state index contributed by atoms with van der Waals surface area (Å²) in [5.41, 5.74) is 3.61. The van der Waals surface area contributed by atoms with Crippen molar-refractivity contribution >= 4 is 46.9 Å². The van der Waals surface area contributed by atoms with E-state index >= 15 is 0 Å². The topological polar surface area (TPSA) is 68.6 Å². The van der Waals surface area contributed by atoms with Crippen LogP contribution in [-0.4, -0.2) is 35.7 Å². The first-order chi connectivity index (χ1) is 12.4. The fraction of sp³-hybridized carbons (Fsp3) is 0.353. The van der Waals surface area contributed by atoms with E-state index in [1.165, 1.54) is 11.8 Å². The van der Waals surface area contributed by atoms with Crippen LogP contribution in [0.5, 0.6) is 11.8 Å². The number of thioether (sulfide) groups is 1. The number of anilines is 1. The van der Waals surface area contributed by atoms with Gasteiger partial charge in [0.1, 0.15) is 0 Å². The number of hydrazone groups is 1. The van der Waals surface area contributed by atoms with Crippen LogP contribution in [-0.2, 0) is 0 Å². The van der Waals surface area contributed by atoms with Crippen molar-refractivity contribution in [2.45, 2.75) is 24.3 Å². The Morgan fingerprint density at radius 3 is 2.31 bits per heavy atom. The Kier molecular flexibility index (Phi) is 7.81. The van der Waals surface area contributed by atoms with E-state index < -0.39 is 0 Å². The van der Waals surface area contributed by atoms with Gasteiger partial charge in [-0.3, -0.25) is 5.43 Å². The molecule has 9 heteroatoms. The predicted molar refractivity (Wildman–Crippen MR) is 108 cm³/mol. The summed E-state index contributed by atoms with van der Waals surface area (Å²) < 4.78 is 10.4. The third-order valence-corrected chi connectivity index (χ3v) is 5.19. The monoisotopic (exact) mass is 414 g/mol. The van der Waals surface area contributed by atoms with Crippen LogP contribution in [0.3, 0.4) is 0 Å². The Bertz CT molecular complexity index is 752. The zero-order valence-electron chi connectivity index (χ0n) is 14.9. The quantitative estimate of drug-likeness (QED) is 0.283. The lowest BCUT2D eigenvalue weighted by atomic mass is 10.1. The average molecular weight is 415 g/mol. The maximum atomic E-state index is 6.13. The summed E-state index contributed by atoms with van der Waals surface area (Å²) in [7, 11) is 3.11. The maximum Gasteiger partial charge on any atom is 0.220 e. The van der Waals surface area contributed by atoms with Crippen molar-refractivity contribution in [3.63, 3.8) is 0 Å². The molecule has 2 aromatic rings. The van der Waals surface area contributed by atoms with Gasteiger partial charge in [0.15, 0.2) is 5.16 Å². The van der Waals surface area contributed by atoms with Gasteiger partial charge < -0.3 is 9.47 Å². The van der Waals surface area contributed by atoms with Crippen LogP contribution in [0.1, 0.15) is 13.8 Å². The van der Waals surface area contributed by atoms with Gasteiger partial charge in [0.25, 0.3) is 0 Å². The Hall–Kier alpha value is -1.70. The molecule has 0 saturated heterocycles. The fourth-order valence-electron chi connectivity index (χ4n) is 1.87. The molecule has 0 spiro atoms. The molecule has 1 aromatic heterocycles. The van der Waals surface area contributed by atoms with Crippen LogP contribution >= 0.6 is 35.0 Å². The molecule has 1 aromatic carbocycles. The molecule has 0 amide bonds. The molecule has 140 valence electrons. The summed E-state index contributed by atoms with van der Waals surface area (Å²) in [6.45, 7) is 4.19. The summed E-state index contributed by atoms with van der Waals surface area (Å²) in [6.07, 6.45) is 1.80. The lowest BCUT2D eigenvalue weighted by Gasteiger charge is -2.15. The third kappa shape index (κ3) is 5.93. The van der Waals surface area contributed by atoms with Gasteiger partial charge in [0.2, 0.25) is 11.8 Å². The number of benzene rings is 1. The lowest BCUT2D eigenvalue weighted by molar-refractivity contribution is 0.364. The minimum absolute atomic E-state index is 0.0328. The molecule has 0 aliphatic carbocycles. The highest BCUT2D eigenvalue weighted by Gasteiger charge is 2.16. The molecule has 1 N–H and O–H groups in total. The molecule has 0 fully saturated rings. The number of methoxy groups -OCH3 is 2. The van der Waals surface area contributed by atoms with Crippen molar-refractivity contribution in [2.24, 2.45) is 11.0 Å². The van der Waals surface area contributed by atoms with E-state index in [0.717, 1.165) is 0 Å². The van der Waals surface area contributed by atoms with Gasteiger partial charge in [-0.05, 0) is 24.1 Å². The lowest BCUT2D eigenvalue weighted by Crippen LogP contribution is -2.14. The summed E-state index contributed by atoms with van der Waals surface area (Å²) >= 11 is 13.5. The Balaban J connectivity index is 2.11. The number of rotatable bonds is 8. The minimum atomic E-state index is 0.0328. The van der Waals surface area contributed by atoms with E-state index in [0.29, 0.717) is 38.6 Å². The molecule has 1 atom stereocenters. The zero-order chi connectivity index (χ0) is 19.1. The molecule has 0 saturated carbocycles. The van der Waals surface area contributed by atoms with Crippen molar-refractivity contribution in [1.82, 2.24) is 9.97 Å². The first kappa shape index (κ1) is 20.6. The highest BCUT2D eigenvalue weighted by molar-refractivity contribution is 8.00. The van der Waals surface area contributed by atoms with Gasteiger partial charge in [-0.1, -0.05) is 48.8 Å². The summed E-state index contributed by atoms with van der Waals surface area (Å²) in [4.78, 5) is 8.69. The second kappa shape index (κ2) is 9.85. The largest absolute Gasteiger partial charge is 0.481 e. The Labute approximate surface area is 167 Å². The van der Waals surface area contributed by atoms with Gasteiger partial charge in [-0.2, -0.15) is 15.1 Å². The van der Waals surface area contributed by atoms with Gasteiger partial charge in [0, 0.05) is 11.2 Å². The number of nitrogens with one attached hydrogen (secondary N) is 1. The molecule has 0 aliphatic heterocycles. The normalized spacial score (nSPS) is 12.4. The SMILES string of the molecule is COc1cc(OC)nc(SC(C=NNc2ccc(Cl)cc2Cl)C(C)C)n1. The van der Waals surface area contributed by atoms with Crippen molar-refractivity contribution < 1.29 is 9.47 Å². The van der Waals surface area contributed by atoms with Crippen molar-refractivity contribution in [2.75, 3.05) is 19.6 Å². The number of nitrogens with zero attached hydrogens (tertiary/aromatic N) is 3. The molecule has 0 bridgehead atoms. The number of halogens is 2. The molecule has 0 aliphatic rings. The van der Waals surface area contributed by atoms with Crippen LogP contribution in [0.4, 0.5) is 5.69 Å². The molecule has 1 unspecified atom stereocenters. The van der Waals surface area contributed by atoms with Gasteiger partial charge >= 0.3 is 0 Å². The molecule has 1 heterocycles. The van der Waals surface area contributed by atoms with Crippen LogP contribution in [0.2, 0.25) is 10.0 Å². The highest BCUT2D eigenvalue weighted by atomic mass is 35.5. The van der Waals surface area contributed by atoms with Gasteiger partial charge in [0.05, 0.1) is 36.2 Å². The second-order valence-electron chi connectivity index (χ2n) is 5.58. The molecular weight excluding hydrogens is 395 g/mol. The zero-order valence-corrected chi connectivity index (χ0v) is 17.2. The van der Waals surface area contributed by atoms with Gasteiger partial charge in [-0.15, -0.1) is 0 Å². The van der Waals surface area contributed by atoms with E-state index in [1.54, 1.807) is 44.7 Å².